The predicted molar refractivity (Wildman–Crippen MR) is 121 cm³/mol. The van der Waals surface area contributed by atoms with Crippen LogP contribution in [-0.2, 0) is 11.4 Å². The highest BCUT2D eigenvalue weighted by molar-refractivity contribution is 7.11. The monoisotopic (exact) mass is 443 g/mol. The smallest absolute Gasteiger partial charge is 0.304 e. The number of aliphatic hydroxyl groups excluding tert-OH is 1. The number of carboxylic acid groups (broad SMARTS) is 1. The second kappa shape index (κ2) is 10.7. The van der Waals surface area contributed by atoms with E-state index in [-0.39, 0.29) is 25.0 Å². The van der Waals surface area contributed by atoms with Gasteiger partial charge in [-0.2, -0.15) is 0 Å². The molecule has 7 heteroatoms. The topological polar surface area (TPSA) is 107 Å². The number of thiazole rings is 1. The molecule has 1 aliphatic carbocycles. The van der Waals surface area contributed by atoms with Crippen molar-refractivity contribution in [2.75, 3.05) is 6.61 Å². The summed E-state index contributed by atoms with van der Waals surface area (Å²) in [4.78, 5) is 17.1. The summed E-state index contributed by atoms with van der Waals surface area (Å²) >= 11 is 1.70. The molecule has 0 saturated carbocycles. The summed E-state index contributed by atoms with van der Waals surface area (Å²) in [5.74, 6) is -0.0507. The second-order valence-electron chi connectivity index (χ2n) is 8.04. The Hall–Kier alpha value is -2.48. The van der Waals surface area contributed by atoms with Crippen LogP contribution in [-0.4, -0.2) is 33.8 Å². The molecule has 2 unspecified atom stereocenters. The third-order valence-electron chi connectivity index (χ3n) is 5.65. The highest BCUT2D eigenvalue weighted by Crippen LogP contribution is 2.32. The lowest BCUT2D eigenvalue weighted by molar-refractivity contribution is -0.428. The largest absolute Gasteiger partial charge is 0.488 e. The summed E-state index contributed by atoms with van der Waals surface area (Å²) in [5, 5.41) is 19.5. The van der Waals surface area contributed by atoms with Crippen LogP contribution in [0.2, 0.25) is 0 Å². The molecule has 1 aliphatic rings. The summed E-state index contributed by atoms with van der Waals surface area (Å²) in [6.07, 6.45) is 8.05. The first-order chi connectivity index (χ1) is 14.9. The molecule has 0 saturated heterocycles. The number of hydrogen-bond acceptors (Lipinski definition) is 5. The molecule has 1 heterocycles. The van der Waals surface area contributed by atoms with Gasteiger partial charge in [-0.1, -0.05) is 35.9 Å². The normalized spacial score (nSPS) is 17.8. The van der Waals surface area contributed by atoms with Crippen molar-refractivity contribution in [3.8, 4) is 5.75 Å². The van der Waals surface area contributed by atoms with E-state index in [1.807, 2.05) is 31.2 Å². The molecule has 5 N–H and O–H groups in total. The summed E-state index contributed by atoms with van der Waals surface area (Å²) < 4.78 is 5.98. The summed E-state index contributed by atoms with van der Waals surface area (Å²) in [6.45, 7) is 4.57. The van der Waals surface area contributed by atoms with Gasteiger partial charge in [0.2, 0.25) is 0 Å². The average molecular weight is 444 g/mol. The van der Waals surface area contributed by atoms with E-state index < -0.39 is 5.97 Å². The number of ether oxygens (including phenoxy) is 1. The van der Waals surface area contributed by atoms with Crippen molar-refractivity contribution in [1.82, 2.24) is 4.98 Å². The molecule has 0 radical (unpaired) electrons. The molecule has 3 atom stereocenters. The van der Waals surface area contributed by atoms with Crippen molar-refractivity contribution in [1.29, 1.82) is 0 Å². The quantitative estimate of drug-likeness (QED) is 0.520. The molecule has 1 aromatic heterocycles. The fourth-order valence-electron chi connectivity index (χ4n) is 3.73. The Balaban J connectivity index is 1.64. The van der Waals surface area contributed by atoms with Gasteiger partial charge in [-0.3, -0.25) is 4.79 Å². The van der Waals surface area contributed by atoms with Gasteiger partial charge in [-0.15, -0.1) is 11.3 Å². The van der Waals surface area contributed by atoms with E-state index in [1.165, 1.54) is 5.57 Å². The van der Waals surface area contributed by atoms with Gasteiger partial charge in [-0.25, -0.2) is 4.98 Å². The van der Waals surface area contributed by atoms with Crippen molar-refractivity contribution >= 4 is 17.3 Å². The second-order valence-corrected chi connectivity index (χ2v) is 9.16. The average Bonchev–Trinajstić information content (AvgIpc) is 3.12. The lowest BCUT2D eigenvalue weighted by Gasteiger charge is -2.20. The molecule has 0 amide bonds. The number of rotatable bonds is 10. The van der Waals surface area contributed by atoms with Crippen LogP contribution in [0.25, 0.3) is 0 Å². The first-order valence-electron chi connectivity index (χ1n) is 10.6. The van der Waals surface area contributed by atoms with E-state index in [0.717, 1.165) is 33.3 Å². The summed E-state index contributed by atoms with van der Waals surface area (Å²) in [6, 6.07) is 7.35. The SMILES string of the molecule is CC1=CCC(c2nc(C)c(COc3ccc([C@H](CC(=O)O)C([NH3+])CCO)cc3)s2)C=C1. The maximum absolute atomic E-state index is 11.3. The van der Waals surface area contributed by atoms with Crippen LogP contribution in [0.3, 0.4) is 0 Å². The fraction of sp³-hybridized carbons (Fsp3) is 0.417. The van der Waals surface area contributed by atoms with Crippen LogP contribution in [0.4, 0.5) is 0 Å². The fourth-order valence-corrected chi connectivity index (χ4v) is 4.80. The number of nitrogens with zero attached hydrogens (tertiary/aromatic N) is 1. The number of aryl methyl sites for hydroxylation is 1. The van der Waals surface area contributed by atoms with Crippen LogP contribution >= 0.6 is 11.3 Å². The van der Waals surface area contributed by atoms with E-state index in [4.69, 9.17) is 9.72 Å². The molecule has 31 heavy (non-hydrogen) atoms. The molecule has 0 aliphatic heterocycles. The van der Waals surface area contributed by atoms with Crippen LogP contribution in [0.5, 0.6) is 5.75 Å². The van der Waals surface area contributed by atoms with Crippen LogP contribution < -0.4 is 10.5 Å². The van der Waals surface area contributed by atoms with Crippen LogP contribution in [0.1, 0.15) is 59.2 Å². The number of carbonyl (C=O) groups is 1. The molecule has 0 spiro atoms. The van der Waals surface area contributed by atoms with Crippen molar-refractivity contribution in [2.45, 2.75) is 57.6 Å². The summed E-state index contributed by atoms with van der Waals surface area (Å²) in [5.41, 5.74) is 7.23. The predicted octanol–water partition coefficient (Wildman–Crippen LogP) is 3.57. The Morgan fingerprint density at radius 1 is 1.32 bits per heavy atom. The Labute approximate surface area is 187 Å². The van der Waals surface area contributed by atoms with E-state index in [2.05, 4.69) is 30.9 Å². The first-order valence-corrected chi connectivity index (χ1v) is 11.4. The number of benzene rings is 1. The Kier molecular flexibility index (Phi) is 8.01. The molecule has 1 aromatic carbocycles. The molecule has 0 fully saturated rings. The van der Waals surface area contributed by atoms with Gasteiger partial charge in [0.05, 0.1) is 23.0 Å². The summed E-state index contributed by atoms with van der Waals surface area (Å²) in [7, 11) is 0. The lowest BCUT2D eigenvalue weighted by Crippen LogP contribution is -2.64. The minimum absolute atomic E-state index is 0.00574. The van der Waals surface area contributed by atoms with Gasteiger partial charge < -0.3 is 20.7 Å². The first kappa shape index (κ1) is 23.2. The van der Waals surface area contributed by atoms with Gasteiger partial charge >= 0.3 is 5.97 Å². The Morgan fingerprint density at radius 3 is 2.68 bits per heavy atom. The zero-order valence-electron chi connectivity index (χ0n) is 18.1. The van der Waals surface area contributed by atoms with E-state index in [9.17, 15) is 15.0 Å². The molecule has 6 nitrogen and oxygen atoms in total. The van der Waals surface area contributed by atoms with E-state index in [0.29, 0.717) is 18.9 Å². The van der Waals surface area contributed by atoms with Crippen molar-refractivity contribution in [3.05, 3.63) is 69.2 Å². The van der Waals surface area contributed by atoms with Crippen molar-refractivity contribution in [2.24, 2.45) is 0 Å². The lowest BCUT2D eigenvalue weighted by atomic mass is 9.87. The van der Waals surface area contributed by atoms with Crippen molar-refractivity contribution < 1.29 is 25.5 Å². The van der Waals surface area contributed by atoms with Gasteiger partial charge in [0.25, 0.3) is 0 Å². The van der Waals surface area contributed by atoms with Crippen LogP contribution in [0.15, 0.2) is 48.1 Å². The van der Waals surface area contributed by atoms with E-state index in [1.54, 1.807) is 11.3 Å². The molecule has 3 rings (SSSR count). The Morgan fingerprint density at radius 2 is 2.06 bits per heavy atom. The van der Waals surface area contributed by atoms with Gasteiger partial charge in [0.1, 0.15) is 17.4 Å². The van der Waals surface area contributed by atoms with Gasteiger partial charge in [0, 0.05) is 24.9 Å². The molecule has 0 bridgehead atoms. The van der Waals surface area contributed by atoms with Gasteiger partial charge in [-0.05, 0) is 38.0 Å². The maximum Gasteiger partial charge on any atom is 0.304 e. The Bertz CT molecular complexity index is 949. The van der Waals surface area contributed by atoms with Crippen molar-refractivity contribution in [3.63, 3.8) is 0 Å². The highest BCUT2D eigenvalue weighted by atomic mass is 32.1. The molecule has 166 valence electrons. The maximum atomic E-state index is 11.3. The highest BCUT2D eigenvalue weighted by Gasteiger charge is 2.25. The number of carboxylic acids is 1. The number of quaternary nitrogens is 1. The third-order valence-corrected chi connectivity index (χ3v) is 6.92. The molecular formula is C24H31N2O4S+. The van der Waals surface area contributed by atoms with Crippen LogP contribution in [0, 0.1) is 6.92 Å². The van der Waals surface area contributed by atoms with Gasteiger partial charge in [0.15, 0.2) is 0 Å². The standard InChI is InChI=1S/C24H30N2O4S/c1-15-3-5-18(6-4-15)24-26-16(2)22(31-24)14-30-19-9-7-17(8-10-19)20(13-23(28)29)21(25)11-12-27/h3-5,7-10,18,20-21,27H,6,11-14,25H2,1-2H3,(H,28,29)/p+1/t18?,20-,21?/m0/s1. The number of allylic oxidation sites excluding steroid dienone is 4. The number of aliphatic carboxylic acids is 1. The minimum atomic E-state index is -0.869. The number of aliphatic hydroxyl groups is 1. The van der Waals surface area contributed by atoms with E-state index >= 15 is 0 Å². The zero-order valence-corrected chi connectivity index (χ0v) is 18.9. The number of aromatic nitrogens is 1. The number of hydrogen-bond donors (Lipinski definition) is 3. The molecule has 2 aromatic rings. The minimum Gasteiger partial charge on any atom is -0.488 e. The zero-order chi connectivity index (χ0) is 22.4. The molecular weight excluding hydrogens is 412 g/mol. The third kappa shape index (κ3) is 6.26.